The van der Waals surface area contributed by atoms with E-state index >= 15 is 0 Å². The summed E-state index contributed by atoms with van der Waals surface area (Å²) >= 11 is 7.44. The van der Waals surface area contributed by atoms with E-state index in [0.717, 1.165) is 16.6 Å². The fourth-order valence-electron chi connectivity index (χ4n) is 1.48. The van der Waals surface area contributed by atoms with E-state index in [2.05, 4.69) is 15.6 Å². The van der Waals surface area contributed by atoms with Crippen LogP contribution in [0.3, 0.4) is 0 Å². The molecule has 2 aromatic rings. The third-order valence-corrected chi connectivity index (χ3v) is 3.54. The number of aromatic nitrogens is 3. The second-order valence-corrected chi connectivity index (χ2v) is 5.58. The smallest absolute Gasteiger partial charge is 0.0965 e. The summed E-state index contributed by atoms with van der Waals surface area (Å²) in [5.41, 5.74) is 0.925. The van der Waals surface area contributed by atoms with Crippen molar-refractivity contribution in [2.45, 2.75) is 13.1 Å². The maximum Gasteiger partial charge on any atom is 0.0965 e. The molecule has 7 heteroatoms. The lowest BCUT2D eigenvalue weighted by Crippen LogP contribution is -2.18. The van der Waals surface area contributed by atoms with Crippen molar-refractivity contribution < 1.29 is 4.74 Å². The number of methoxy groups -OCH3 is 1. The molecule has 2 aromatic heterocycles. The normalized spacial score (nSPS) is 11.0. The molecule has 0 saturated heterocycles. The average molecular weight is 287 g/mol. The molecule has 2 rings (SSSR count). The van der Waals surface area contributed by atoms with Crippen molar-refractivity contribution in [3.8, 4) is 0 Å². The van der Waals surface area contributed by atoms with Crippen LogP contribution in [0.2, 0.25) is 4.34 Å². The van der Waals surface area contributed by atoms with Crippen LogP contribution in [0.5, 0.6) is 0 Å². The molecule has 0 atom stereocenters. The molecule has 0 radical (unpaired) electrons. The Labute approximate surface area is 115 Å². The minimum absolute atomic E-state index is 0.696. The Morgan fingerprint density at radius 2 is 2.39 bits per heavy atom. The Bertz CT molecular complexity index is 485. The van der Waals surface area contributed by atoms with Crippen molar-refractivity contribution in [1.29, 1.82) is 0 Å². The maximum atomic E-state index is 5.88. The van der Waals surface area contributed by atoms with Crippen molar-refractivity contribution in [3.63, 3.8) is 0 Å². The molecule has 0 saturated carbocycles. The monoisotopic (exact) mass is 286 g/mol. The fraction of sp³-hybridized carbons (Fsp3) is 0.455. The zero-order chi connectivity index (χ0) is 12.8. The summed E-state index contributed by atoms with van der Waals surface area (Å²) in [5, 5.41) is 11.4. The van der Waals surface area contributed by atoms with Crippen LogP contribution in [0.15, 0.2) is 18.3 Å². The first-order valence-corrected chi connectivity index (χ1v) is 6.80. The van der Waals surface area contributed by atoms with Gasteiger partial charge in [-0.3, -0.25) is 0 Å². The van der Waals surface area contributed by atoms with Gasteiger partial charge in [0.15, 0.2) is 0 Å². The van der Waals surface area contributed by atoms with Crippen LogP contribution < -0.4 is 5.32 Å². The van der Waals surface area contributed by atoms with Gasteiger partial charge in [-0.1, -0.05) is 16.8 Å². The molecule has 0 fully saturated rings. The van der Waals surface area contributed by atoms with Gasteiger partial charge in [0.25, 0.3) is 0 Å². The van der Waals surface area contributed by atoms with Gasteiger partial charge in [0.05, 0.1) is 29.4 Å². The topological polar surface area (TPSA) is 52.0 Å². The van der Waals surface area contributed by atoms with Crippen LogP contribution in [0.4, 0.5) is 0 Å². The minimum atomic E-state index is 0.696. The maximum absolute atomic E-state index is 5.88. The summed E-state index contributed by atoms with van der Waals surface area (Å²) < 4.78 is 7.56. The zero-order valence-electron chi connectivity index (χ0n) is 10.1. The van der Waals surface area contributed by atoms with E-state index in [-0.39, 0.29) is 0 Å². The number of hydrogen-bond donors (Lipinski definition) is 1. The highest BCUT2D eigenvalue weighted by molar-refractivity contribution is 7.16. The first-order chi connectivity index (χ1) is 8.78. The predicted molar refractivity (Wildman–Crippen MR) is 72.0 cm³/mol. The van der Waals surface area contributed by atoms with Crippen LogP contribution >= 0.6 is 22.9 Å². The average Bonchev–Trinajstić information content (AvgIpc) is 2.95. The van der Waals surface area contributed by atoms with Gasteiger partial charge in [-0.15, -0.1) is 16.4 Å². The zero-order valence-corrected chi connectivity index (χ0v) is 11.7. The van der Waals surface area contributed by atoms with Gasteiger partial charge in [-0.2, -0.15) is 0 Å². The van der Waals surface area contributed by atoms with E-state index in [1.54, 1.807) is 18.4 Å². The molecule has 18 heavy (non-hydrogen) atoms. The Hall–Kier alpha value is -0.950. The Morgan fingerprint density at radius 3 is 3.11 bits per heavy atom. The molecule has 0 amide bonds. The summed E-state index contributed by atoms with van der Waals surface area (Å²) in [5.74, 6) is 0. The highest BCUT2D eigenvalue weighted by Crippen LogP contribution is 2.21. The van der Waals surface area contributed by atoms with Gasteiger partial charge < -0.3 is 10.1 Å². The number of halogens is 1. The summed E-state index contributed by atoms with van der Waals surface area (Å²) in [7, 11) is 1.68. The molecule has 0 aliphatic heterocycles. The van der Waals surface area contributed by atoms with E-state index in [0.29, 0.717) is 19.7 Å². The number of thiophene rings is 1. The largest absolute Gasteiger partial charge is 0.383 e. The van der Waals surface area contributed by atoms with Crippen LogP contribution in [0.25, 0.3) is 0 Å². The third kappa shape index (κ3) is 4.06. The van der Waals surface area contributed by atoms with Crippen LogP contribution in [-0.2, 0) is 17.8 Å². The first-order valence-electron chi connectivity index (χ1n) is 5.61. The lowest BCUT2D eigenvalue weighted by atomic mass is 10.4. The molecule has 0 unspecified atom stereocenters. The molecule has 5 nitrogen and oxygen atoms in total. The quantitative estimate of drug-likeness (QED) is 0.788. The number of nitrogens with zero attached hydrogens (tertiary/aromatic N) is 3. The molecule has 98 valence electrons. The molecule has 0 aliphatic carbocycles. The van der Waals surface area contributed by atoms with Crippen LogP contribution in [0.1, 0.15) is 10.6 Å². The molecule has 2 heterocycles. The van der Waals surface area contributed by atoms with Gasteiger partial charge in [0.1, 0.15) is 0 Å². The van der Waals surface area contributed by atoms with E-state index in [9.17, 15) is 0 Å². The number of hydrogen-bond acceptors (Lipinski definition) is 5. The molecule has 1 N–H and O–H groups in total. The Morgan fingerprint density at radius 1 is 1.50 bits per heavy atom. The second-order valence-electron chi connectivity index (χ2n) is 3.78. The molecular formula is C11H15ClN4OS. The van der Waals surface area contributed by atoms with E-state index in [4.69, 9.17) is 16.3 Å². The summed E-state index contributed by atoms with van der Waals surface area (Å²) in [6.07, 6.45) is 1.94. The second kappa shape index (κ2) is 6.84. The van der Waals surface area contributed by atoms with Gasteiger partial charge >= 0.3 is 0 Å². The van der Waals surface area contributed by atoms with Crippen LogP contribution in [0, 0.1) is 0 Å². The van der Waals surface area contributed by atoms with Crippen molar-refractivity contribution in [2.75, 3.05) is 20.3 Å². The minimum Gasteiger partial charge on any atom is -0.383 e. The fourth-order valence-corrected chi connectivity index (χ4v) is 2.56. The van der Waals surface area contributed by atoms with Crippen molar-refractivity contribution in [2.24, 2.45) is 0 Å². The SMILES string of the molecule is COCCNCc1cn(Cc2ccc(Cl)s2)nn1. The standard InChI is InChI=1S/C11H15ClN4OS/c1-17-5-4-13-6-9-7-16(15-14-9)8-10-2-3-11(12)18-10/h2-3,7,13H,4-6,8H2,1H3. The highest BCUT2D eigenvalue weighted by Gasteiger charge is 2.03. The van der Waals surface area contributed by atoms with Gasteiger partial charge in [-0.05, 0) is 12.1 Å². The Balaban J connectivity index is 1.82. The summed E-state index contributed by atoms with van der Waals surface area (Å²) in [6, 6.07) is 3.90. The first kappa shape index (κ1) is 13.5. The highest BCUT2D eigenvalue weighted by atomic mass is 35.5. The van der Waals surface area contributed by atoms with E-state index in [1.807, 2.05) is 23.0 Å². The Kier molecular flexibility index (Phi) is 5.12. The lowest BCUT2D eigenvalue weighted by Gasteiger charge is -1.99. The predicted octanol–water partition coefficient (Wildman–Crippen LogP) is 1.78. The van der Waals surface area contributed by atoms with Crippen molar-refractivity contribution >= 4 is 22.9 Å². The molecule has 0 aromatic carbocycles. The van der Waals surface area contributed by atoms with Gasteiger partial charge in [-0.25, -0.2) is 4.68 Å². The van der Waals surface area contributed by atoms with Crippen molar-refractivity contribution in [3.05, 3.63) is 33.2 Å². The lowest BCUT2D eigenvalue weighted by molar-refractivity contribution is 0.199. The number of nitrogens with one attached hydrogen (secondary N) is 1. The third-order valence-electron chi connectivity index (χ3n) is 2.32. The molecule has 0 aliphatic rings. The summed E-state index contributed by atoms with van der Waals surface area (Å²) in [6.45, 7) is 2.92. The van der Waals surface area contributed by atoms with Gasteiger partial charge in [0, 0.05) is 25.1 Å². The number of rotatable bonds is 7. The van der Waals surface area contributed by atoms with Crippen molar-refractivity contribution in [1.82, 2.24) is 20.3 Å². The number of ether oxygens (including phenoxy) is 1. The molecule has 0 bridgehead atoms. The van der Waals surface area contributed by atoms with E-state index in [1.165, 1.54) is 4.88 Å². The van der Waals surface area contributed by atoms with Crippen LogP contribution in [-0.4, -0.2) is 35.3 Å². The van der Waals surface area contributed by atoms with E-state index < -0.39 is 0 Å². The molecule has 0 spiro atoms. The van der Waals surface area contributed by atoms with Gasteiger partial charge in [0.2, 0.25) is 0 Å². The summed E-state index contributed by atoms with van der Waals surface area (Å²) in [4.78, 5) is 1.17. The molecular weight excluding hydrogens is 272 g/mol.